The number of nitro benzene ring substituents is 1. The minimum Gasteiger partial charge on any atom is -0.496 e. The van der Waals surface area contributed by atoms with E-state index >= 15 is 0 Å². The van der Waals surface area contributed by atoms with E-state index in [0.29, 0.717) is 45.8 Å². The van der Waals surface area contributed by atoms with Crippen LogP contribution in [-0.4, -0.2) is 71.0 Å². The van der Waals surface area contributed by atoms with Crippen LogP contribution in [0.1, 0.15) is 44.6 Å². The number of allylic oxidation sites excluding steroid dienone is 1. The minimum atomic E-state index is -0.685. The molecule has 15 heteroatoms. The van der Waals surface area contributed by atoms with E-state index < -0.39 is 46.4 Å². The molecule has 0 unspecified atom stereocenters. The molecule has 0 aromatic heterocycles. The summed E-state index contributed by atoms with van der Waals surface area (Å²) in [5, 5.41) is 14.2. The highest BCUT2D eigenvalue weighted by Gasteiger charge is 2.53. The highest BCUT2D eigenvalue weighted by Crippen LogP contribution is 2.55. The fraction of sp³-hybridized carbons (Fsp3) is 0.275. The maximum absolute atomic E-state index is 13.6. The Bertz CT molecular complexity index is 2190. The smallest absolute Gasteiger partial charge is 0.310 e. The van der Waals surface area contributed by atoms with Crippen LogP contribution in [0, 0.1) is 22.0 Å². The van der Waals surface area contributed by atoms with Crippen LogP contribution in [0.3, 0.4) is 0 Å². The van der Waals surface area contributed by atoms with E-state index in [2.05, 4.69) is 5.32 Å². The molecule has 0 radical (unpaired) electrons. The predicted octanol–water partition coefficient (Wildman–Crippen LogP) is 5.43. The third kappa shape index (κ3) is 7.03. The molecular formula is C40H36N2O13. The predicted molar refractivity (Wildman–Crippen MR) is 194 cm³/mol. The third-order valence-corrected chi connectivity index (χ3v) is 9.88. The molecule has 55 heavy (non-hydrogen) atoms. The molecule has 15 nitrogen and oxygen atoms in total. The van der Waals surface area contributed by atoms with Crippen LogP contribution in [0.4, 0.5) is 5.69 Å². The number of benzene rings is 4. The van der Waals surface area contributed by atoms with E-state index in [1.807, 2.05) is 12.1 Å². The largest absolute Gasteiger partial charge is 0.496 e. The van der Waals surface area contributed by atoms with E-state index in [9.17, 15) is 24.5 Å². The number of amides is 1. The van der Waals surface area contributed by atoms with Crippen molar-refractivity contribution in [3.05, 3.63) is 111 Å². The van der Waals surface area contributed by atoms with E-state index in [-0.39, 0.29) is 31.3 Å². The number of carbonyl (C=O) groups is 3. The van der Waals surface area contributed by atoms with Gasteiger partial charge in [-0.1, -0.05) is 12.1 Å². The fourth-order valence-electron chi connectivity index (χ4n) is 7.35. The van der Waals surface area contributed by atoms with Crippen molar-refractivity contribution in [2.24, 2.45) is 11.8 Å². The molecular weight excluding hydrogens is 716 g/mol. The molecule has 4 atom stereocenters. The zero-order chi connectivity index (χ0) is 38.8. The van der Waals surface area contributed by atoms with Crippen LogP contribution in [0.5, 0.6) is 40.2 Å². The topological polar surface area (TPSA) is 180 Å². The lowest BCUT2D eigenvalue weighted by Crippen LogP contribution is -2.44. The lowest BCUT2D eigenvalue weighted by atomic mass is 9.65. The fourth-order valence-corrected chi connectivity index (χ4v) is 7.35. The molecule has 0 saturated carbocycles. The first-order chi connectivity index (χ1) is 26.6. The van der Waals surface area contributed by atoms with Crippen molar-refractivity contribution in [2.45, 2.75) is 12.0 Å². The molecule has 1 aliphatic carbocycles. The number of hydrogen-bond acceptors (Lipinski definition) is 13. The molecule has 7 rings (SSSR count). The Hall–Kier alpha value is -6.77. The Balaban J connectivity index is 1.12. The summed E-state index contributed by atoms with van der Waals surface area (Å²) in [4.78, 5) is 50.4. The molecule has 0 bridgehead atoms. The Morgan fingerprint density at radius 1 is 0.873 bits per heavy atom. The number of nitrogens with one attached hydrogen (secondary N) is 1. The van der Waals surface area contributed by atoms with Crippen molar-refractivity contribution in [1.29, 1.82) is 0 Å². The number of methoxy groups -OCH3 is 4. The van der Waals surface area contributed by atoms with Crippen LogP contribution in [-0.2, 0) is 14.3 Å². The number of ether oxygens (including phenoxy) is 8. The second-order valence-corrected chi connectivity index (χ2v) is 12.8. The van der Waals surface area contributed by atoms with Gasteiger partial charge in [0.1, 0.15) is 11.5 Å². The van der Waals surface area contributed by atoms with Gasteiger partial charge in [-0.05, 0) is 65.2 Å². The summed E-state index contributed by atoms with van der Waals surface area (Å²) < 4.78 is 45.3. The Morgan fingerprint density at radius 3 is 2.25 bits per heavy atom. The first-order valence-electron chi connectivity index (χ1n) is 17.1. The Morgan fingerprint density at radius 2 is 1.58 bits per heavy atom. The van der Waals surface area contributed by atoms with Crippen molar-refractivity contribution in [3.63, 3.8) is 0 Å². The summed E-state index contributed by atoms with van der Waals surface area (Å²) in [5.41, 5.74) is 2.70. The lowest BCUT2D eigenvalue weighted by Gasteiger charge is -2.39. The van der Waals surface area contributed by atoms with Gasteiger partial charge in [-0.3, -0.25) is 24.5 Å². The van der Waals surface area contributed by atoms with Crippen LogP contribution in [0.25, 0.3) is 6.08 Å². The molecule has 1 fully saturated rings. The molecule has 284 valence electrons. The number of cyclic esters (lactones) is 1. The van der Waals surface area contributed by atoms with Crippen molar-refractivity contribution < 1.29 is 57.2 Å². The van der Waals surface area contributed by atoms with Gasteiger partial charge >= 0.3 is 5.97 Å². The monoisotopic (exact) mass is 752 g/mol. The summed E-state index contributed by atoms with van der Waals surface area (Å²) in [5.74, 6) is -0.00575. The van der Waals surface area contributed by atoms with Crippen molar-refractivity contribution >= 4 is 29.4 Å². The van der Waals surface area contributed by atoms with Crippen LogP contribution >= 0.6 is 0 Å². The summed E-state index contributed by atoms with van der Waals surface area (Å²) in [6.45, 7) is -0.276. The lowest BCUT2D eigenvalue weighted by molar-refractivity contribution is -0.384. The molecule has 1 saturated heterocycles. The first kappa shape index (κ1) is 36.6. The normalized spacial score (nSPS) is 19.2. The van der Waals surface area contributed by atoms with Gasteiger partial charge in [0, 0.05) is 41.2 Å². The Labute approximate surface area is 314 Å². The number of ketones is 1. The SMILES string of the molecule is COc1cc(OCC(=O)N[C@@H]2c3cc4c(cc3[C@@H](c3cc(OC)c(OC)c(OC)c3)[C@H]3C(=O)OC[C@@H]32)OCO4)ccc1/C=C/C(=O)c1cccc([N+](=O)[O-])c1. The van der Waals surface area contributed by atoms with Gasteiger partial charge in [0.2, 0.25) is 12.5 Å². The standard InChI is InChI=1S/C40H36N2O13/c1-48-30-15-25(10-8-21(30)9-11-29(43)22-6-5-7-24(12-22)42(46)47)52-19-35(44)41-38-27-17-32-31(54-20-55-32)16-26(27)36(37-28(38)18-53-40(37)45)23-13-33(49-2)39(51-4)34(14-23)50-3/h5-17,28,36-38H,18-20H2,1-4H3,(H,41,44)/b11-9+/t28-,36+,37-,38+/m0/s1. The quantitative estimate of drug-likeness (QED) is 0.0602. The molecule has 1 N–H and O–H groups in total. The highest BCUT2D eigenvalue weighted by molar-refractivity contribution is 6.07. The summed E-state index contributed by atoms with van der Waals surface area (Å²) in [6.07, 6.45) is 2.81. The zero-order valence-electron chi connectivity index (χ0n) is 30.2. The van der Waals surface area contributed by atoms with E-state index in [1.165, 1.54) is 64.9 Å². The highest BCUT2D eigenvalue weighted by atomic mass is 16.7. The first-order valence-corrected chi connectivity index (χ1v) is 17.1. The summed E-state index contributed by atoms with van der Waals surface area (Å²) >= 11 is 0. The van der Waals surface area contributed by atoms with Gasteiger partial charge in [0.15, 0.2) is 35.4 Å². The van der Waals surface area contributed by atoms with Crippen molar-refractivity contribution in [1.82, 2.24) is 5.32 Å². The maximum atomic E-state index is 13.6. The van der Waals surface area contributed by atoms with Crippen LogP contribution < -0.4 is 38.5 Å². The number of nitro groups is 1. The number of fused-ring (bicyclic) bond motifs is 3. The van der Waals surface area contributed by atoms with E-state index in [0.717, 1.165) is 16.7 Å². The summed E-state index contributed by atoms with van der Waals surface area (Å²) in [7, 11) is 6.00. The molecule has 0 spiro atoms. The molecule has 2 aliphatic heterocycles. The van der Waals surface area contributed by atoms with Gasteiger partial charge in [0.25, 0.3) is 11.6 Å². The maximum Gasteiger partial charge on any atom is 0.310 e. The average molecular weight is 753 g/mol. The van der Waals surface area contributed by atoms with Gasteiger partial charge in [-0.15, -0.1) is 0 Å². The summed E-state index contributed by atoms with van der Waals surface area (Å²) in [6, 6.07) is 16.9. The zero-order valence-corrected chi connectivity index (χ0v) is 30.2. The average Bonchev–Trinajstić information content (AvgIpc) is 3.83. The molecule has 2 heterocycles. The molecule has 1 amide bonds. The van der Waals surface area contributed by atoms with Gasteiger partial charge in [-0.2, -0.15) is 0 Å². The number of esters is 1. The van der Waals surface area contributed by atoms with Crippen LogP contribution in [0.15, 0.2) is 72.8 Å². The molecule has 3 aliphatic rings. The Kier molecular flexibility index (Phi) is 10.2. The number of non-ortho nitro benzene ring substituents is 1. The number of rotatable bonds is 13. The van der Waals surface area contributed by atoms with Gasteiger partial charge in [-0.25, -0.2) is 0 Å². The number of nitrogens with zero attached hydrogens (tertiary/aromatic N) is 1. The van der Waals surface area contributed by atoms with E-state index in [4.69, 9.17) is 37.9 Å². The van der Waals surface area contributed by atoms with Crippen LogP contribution in [0.2, 0.25) is 0 Å². The van der Waals surface area contributed by atoms with Crippen molar-refractivity contribution in [2.75, 3.05) is 48.4 Å². The second kappa shape index (κ2) is 15.3. The minimum absolute atomic E-state index is 0.0268. The molecule has 4 aromatic rings. The number of hydrogen-bond donors (Lipinski definition) is 1. The molecule has 4 aromatic carbocycles. The van der Waals surface area contributed by atoms with Crippen molar-refractivity contribution in [3.8, 4) is 40.2 Å². The second-order valence-electron chi connectivity index (χ2n) is 12.8. The number of carbonyl (C=O) groups excluding carboxylic acids is 3. The third-order valence-electron chi connectivity index (χ3n) is 9.88. The van der Waals surface area contributed by atoms with E-state index in [1.54, 1.807) is 30.3 Å². The van der Waals surface area contributed by atoms with Gasteiger partial charge in [0.05, 0.1) is 51.9 Å². The van der Waals surface area contributed by atoms with Gasteiger partial charge < -0.3 is 43.2 Å².